The lowest BCUT2D eigenvalue weighted by atomic mass is 9.47. The quantitative estimate of drug-likeness (QED) is 0.747. The van der Waals surface area contributed by atoms with E-state index in [1.54, 1.807) is 0 Å². The van der Waals surface area contributed by atoms with Gasteiger partial charge < -0.3 is 10.2 Å². The van der Waals surface area contributed by atoms with Crippen molar-refractivity contribution in [3.05, 3.63) is 11.6 Å². The van der Waals surface area contributed by atoms with E-state index in [0.29, 0.717) is 36.4 Å². The summed E-state index contributed by atoms with van der Waals surface area (Å²) < 4.78 is 0. The van der Waals surface area contributed by atoms with Crippen LogP contribution < -0.4 is 0 Å². The Hall–Kier alpha value is -1.16. The molecule has 0 saturated heterocycles. The zero-order valence-electron chi connectivity index (χ0n) is 15.4. The predicted molar refractivity (Wildman–Crippen MR) is 93.9 cm³/mol. The molecule has 0 radical (unpaired) electrons. The van der Waals surface area contributed by atoms with Gasteiger partial charge in [-0.3, -0.25) is 9.59 Å². The summed E-state index contributed by atoms with van der Waals surface area (Å²) in [5, 5.41) is 19.9. The summed E-state index contributed by atoms with van der Waals surface area (Å²) in [6.07, 6.45) is 8.93. The number of aliphatic hydroxyl groups is 1. The molecule has 3 saturated carbocycles. The van der Waals surface area contributed by atoms with Gasteiger partial charge in [-0.15, -0.1) is 0 Å². The third kappa shape index (κ3) is 2.43. The maximum absolute atomic E-state index is 12.5. The SMILES string of the molecule is C[C@]12CC[C@@](O)(CC(=O)O)CC1=CC[C@@H]1[C@@H]2CC[C@]2(C)C(=O)CC[C@@H]12. The van der Waals surface area contributed by atoms with Gasteiger partial charge in [0.1, 0.15) is 5.78 Å². The predicted octanol–water partition coefficient (Wildman–Crippen LogP) is 3.72. The number of rotatable bonds is 2. The highest BCUT2D eigenvalue weighted by Gasteiger charge is 2.59. The Labute approximate surface area is 149 Å². The van der Waals surface area contributed by atoms with Gasteiger partial charge >= 0.3 is 5.97 Å². The first-order valence-corrected chi connectivity index (χ1v) is 9.85. The molecule has 138 valence electrons. The van der Waals surface area contributed by atoms with E-state index in [1.807, 2.05) is 0 Å². The van der Waals surface area contributed by atoms with Crippen LogP contribution in [0.2, 0.25) is 0 Å². The minimum Gasteiger partial charge on any atom is -0.481 e. The number of hydrogen-bond acceptors (Lipinski definition) is 3. The number of carbonyl (C=O) groups excluding carboxylic acids is 1. The molecule has 0 aromatic rings. The zero-order valence-corrected chi connectivity index (χ0v) is 15.4. The van der Waals surface area contributed by atoms with Gasteiger partial charge in [-0.05, 0) is 68.1 Å². The molecule has 0 bridgehead atoms. The van der Waals surface area contributed by atoms with Crippen LogP contribution >= 0.6 is 0 Å². The van der Waals surface area contributed by atoms with Crippen LogP contribution in [0.4, 0.5) is 0 Å². The van der Waals surface area contributed by atoms with E-state index in [9.17, 15) is 14.7 Å². The van der Waals surface area contributed by atoms with Crippen LogP contribution in [0.5, 0.6) is 0 Å². The Morgan fingerprint density at radius 1 is 1.16 bits per heavy atom. The maximum Gasteiger partial charge on any atom is 0.306 e. The lowest BCUT2D eigenvalue weighted by Crippen LogP contribution is -2.52. The first kappa shape index (κ1) is 17.3. The molecule has 0 heterocycles. The van der Waals surface area contributed by atoms with Gasteiger partial charge in [0.05, 0.1) is 12.0 Å². The molecule has 0 aromatic heterocycles. The third-order valence-corrected chi connectivity index (χ3v) is 8.44. The minimum absolute atomic E-state index is 0.0701. The maximum atomic E-state index is 12.5. The van der Waals surface area contributed by atoms with E-state index in [1.165, 1.54) is 5.57 Å². The standard InChI is InChI=1S/C21H30O4/c1-19-9-10-21(25,12-18(23)24)11-13(19)3-4-14-15-5-6-17(22)20(15,2)8-7-16(14)19/h3,14-16,25H,4-12H2,1-2H3,(H,23,24)/t14-,15-,16-,19-,20-,21-/m0/s1. The first-order valence-electron chi connectivity index (χ1n) is 9.85. The van der Waals surface area contributed by atoms with E-state index < -0.39 is 11.6 Å². The molecule has 4 aliphatic rings. The second-order valence-electron chi connectivity index (χ2n) is 9.65. The van der Waals surface area contributed by atoms with E-state index in [-0.39, 0.29) is 17.3 Å². The Bertz CT molecular complexity index is 652. The molecule has 2 N–H and O–H groups in total. The molecular weight excluding hydrogens is 316 g/mol. The summed E-state index contributed by atoms with van der Waals surface area (Å²) in [7, 11) is 0. The molecule has 0 aliphatic heterocycles. The summed E-state index contributed by atoms with van der Waals surface area (Å²) in [5.74, 6) is 1.21. The molecule has 4 aliphatic carbocycles. The average Bonchev–Trinajstić information content (AvgIpc) is 2.83. The first-order chi connectivity index (χ1) is 11.7. The van der Waals surface area contributed by atoms with E-state index in [4.69, 9.17) is 5.11 Å². The second-order valence-corrected chi connectivity index (χ2v) is 9.65. The van der Waals surface area contributed by atoms with Gasteiger partial charge in [0.2, 0.25) is 0 Å². The Morgan fingerprint density at radius 2 is 1.88 bits per heavy atom. The molecule has 4 rings (SSSR count). The molecule has 0 unspecified atom stereocenters. The summed E-state index contributed by atoms with van der Waals surface area (Å²) in [5.41, 5.74) is 0.148. The molecule has 0 amide bonds. The molecule has 6 atom stereocenters. The zero-order chi connectivity index (χ0) is 18.0. The monoisotopic (exact) mass is 346 g/mol. The van der Waals surface area contributed by atoms with Crippen LogP contribution in [0.1, 0.15) is 71.6 Å². The van der Waals surface area contributed by atoms with E-state index in [2.05, 4.69) is 19.9 Å². The number of carboxylic acid groups (broad SMARTS) is 1. The van der Waals surface area contributed by atoms with Crippen molar-refractivity contribution in [3.63, 3.8) is 0 Å². The van der Waals surface area contributed by atoms with Crippen LogP contribution in [-0.2, 0) is 9.59 Å². The van der Waals surface area contributed by atoms with E-state index in [0.717, 1.165) is 38.5 Å². The van der Waals surface area contributed by atoms with Crippen molar-refractivity contribution in [2.75, 3.05) is 0 Å². The van der Waals surface area contributed by atoms with Crippen LogP contribution in [0.3, 0.4) is 0 Å². The van der Waals surface area contributed by atoms with Crippen molar-refractivity contribution in [2.45, 2.75) is 77.2 Å². The number of Topliss-reactive ketones (excluding diaryl/α,β-unsaturated/α-hetero) is 1. The number of carbonyl (C=O) groups is 2. The number of allylic oxidation sites excluding steroid dienone is 1. The van der Waals surface area contributed by atoms with Crippen molar-refractivity contribution in [2.24, 2.45) is 28.6 Å². The average molecular weight is 346 g/mol. The van der Waals surface area contributed by atoms with Gasteiger partial charge in [0, 0.05) is 11.8 Å². The molecule has 4 heteroatoms. The topological polar surface area (TPSA) is 74.6 Å². The van der Waals surface area contributed by atoms with Crippen molar-refractivity contribution < 1.29 is 19.8 Å². The smallest absolute Gasteiger partial charge is 0.306 e. The van der Waals surface area contributed by atoms with Gasteiger partial charge in [-0.25, -0.2) is 0 Å². The number of aliphatic carboxylic acids is 1. The van der Waals surface area contributed by atoms with Crippen LogP contribution in [0, 0.1) is 28.6 Å². The number of fused-ring (bicyclic) bond motifs is 5. The summed E-state index contributed by atoms with van der Waals surface area (Å²) in [4.78, 5) is 23.6. The van der Waals surface area contributed by atoms with Gasteiger partial charge in [-0.1, -0.05) is 25.5 Å². The Kier molecular flexibility index (Phi) is 3.74. The van der Waals surface area contributed by atoms with Crippen molar-refractivity contribution in [3.8, 4) is 0 Å². The van der Waals surface area contributed by atoms with Crippen LogP contribution in [0.25, 0.3) is 0 Å². The lowest BCUT2D eigenvalue weighted by Gasteiger charge is -2.58. The van der Waals surface area contributed by atoms with Gasteiger partial charge in [-0.2, -0.15) is 0 Å². The number of hydrogen-bond donors (Lipinski definition) is 2. The fraction of sp³-hybridized carbons (Fsp3) is 0.810. The highest BCUT2D eigenvalue weighted by atomic mass is 16.4. The number of ketones is 1. The molecule has 3 fully saturated rings. The van der Waals surface area contributed by atoms with Crippen molar-refractivity contribution >= 4 is 11.8 Å². The van der Waals surface area contributed by atoms with Crippen LogP contribution in [-0.4, -0.2) is 27.6 Å². The summed E-state index contributed by atoms with van der Waals surface area (Å²) in [6, 6.07) is 0. The Morgan fingerprint density at radius 3 is 2.60 bits per heavy atom. The highest BCUT2D eigenvalue weighted by Crippen LogP contribution is 2.64. The molecule has 0 aromatic carbocycles. The molecule has 25 heavy (non-hydrogen) atoms. The molecule has 4 nitrogen and oxygen atoms in total. The second kappa shape index (κ2) is 5.42. The summed E-state index contributed by atoms with van der Waals surface area (Å²) >= 11 is 0. The van der Waals surface area contributed by atoms with Gasteiger partial charge in [0.25, 0.3) is 0 Å². The van der Waals surface area contributed by atoms with Crippen molar-refractivity contribution in [1.29, 1.82) is 0 Å². The van der Waals surface area contributed by atoms with E-state index >= 15 is 0 Å². The molecule has 0 spiro atoms. The summed E-state index contributed by atoms with van der Waals surface area (Å²) in [6.45, 7) is 4.52. The third-order valence-electron chi connectivity index (χ3n) is 8.44. The number of carboxylic acids is 1. The Balaban J connectivity index is 1.62. The fourth-order valence-corrected chi connectivity index (χ4v) is 6.92. The normalized spacial score (nSPS) is 49.0. The highest BCUT2D eigenvalue weighted by molar-refractivity contribution is 5.87. The molecular formula is C21H30O4. The lowest BCUT2D eigenvalue weighted by molar-refractivity contribution is -0.145. The van der Waals surface area contributed by atoms with Crippen molar-refractivity contribution in [1.82, 2.24) is 0 Å². The van der Waals surface area contributed by atoms with Crippen LogP contribution in [0.15, 0.2) is 11.6 Å². The minimum atomic E-state index is -1.09. The fourth-order valence-electron chi connectivity index (χ4n) is 6.92. The largest absolute Gasteiger partial charge is 0.481 e. The van der Waals surface area contributed by atoms with Gasteiger partial charge in [0.15, 0.2) is 0 Å².